The average Bonchev–Trinajstić information content (AvgIpc) is 2.57. The second-order valence-corrected chi connectivity index (χ2v) is 6.65. The van der Waals surface area contributed by atoms with Gasteiger partial charge in [-0.2, -0.15) is 0 Å². The molecule has 2 heterocycles. The van der Waals surface area contributed by atoms with Gasteiger partial charge >= 0.3 is 6.09 Å². The summed E-state index contributed by atoms with van der Waals surface area (Å²) in [6.07, 6.45) is 1.67. The first-order chi connectivity index (χ1) is 11.1. The van der Waals surface area contributed by atoms with Crippen LogP contribution in [0.2, 0.25) is 10.0 Å². The third-order valence-electron chi connectivity index (χ3n) is 4.46. The molecule has 0 aromatic heterocycles. The van der Waals surface area contributed by atoms with Crippen LogP contribution in [0.1, 0.15) is 30.7 Å². The molecule has 2 fully saturated rings. The molecule has 2 aliphatic rings. The quantitative estimate of drug-likeness (QED) is 0.884. The zero-order valence-electron chi connectivity index (χ0n) is 12.6. The highest BCUT2D eigenvalue weighted by Gasteiger charge is 2.32. The molecule has 1 atom stereocenters. The van der Waals surface area contributed by atoms with Crippen molar-refractivity contribution in [1.82, 2.24) is 10.2 Å². The van der Waals surface area contributed by atoms with Crippen LogP contribution in [-0.4, -0.2) is 42.6 Å². The standard InChI is InChI=1S/C16H18Cl2N2O3/c17-12-3-1-2-11(14(12)18)10-4-7-20(8-5-10)15(21)13-6-9-23-16(22)19-13/h1-3,10,13H,4-9H2,(H,19,22). The smallest absolute Gasteiger partial charge is 0.407 e. The maximum atomic E-state index is 12.5. The molecule has 0 radical (unpaired) electrons. The Morgan fingerprint density at radius 1 is 1.22 bits per heavy atom. The molecular weight excluding hydrogens is 339 g/mol. The number of nitrogens with one attached hydrogen (secondary N) is 1. The summed E-state index contributed by atoms with van der Waals surface area (Å²) >= 11 is 12.4. The van der Waals surface area contributed by atoms with Gasteiger partial charge in [-0.15, -0.1) is 0 Å². The Hall–Kier alpha value is -1.46. The van der Waals surface area contributed by atoms with Gasteiger partial charge < -0.3 is 15.0 Å². The van der Waals surface area contributed by atoms with Gasteiger partial charge in [-0.3, -0.25) is 4.79 Å². The lowest BCUT2D eigenvalue weighted by molar-refractivity contribution is -0.135. The van der Waals surface area contributed by atoms with Crippen LogP contribution in [0, 0.1) is 0 Å². The molecule has 1 aromatic carbocycles. The molecule has 1 unspecified atom stereocenters. The molecular formula is C16H18Cl2N2O3. The molecule has 2 saturated heterocycles. The zero-order valence-corrected chi connectivity index (χ0v) is 14.1. The predicted molar refractivity (Wildman–Crippen MR) is 87.9 cm³/mol. The van der Waals surface area contributed by atoms with Crippen molar-refractivity contribution in [3.63, 3.8) is 0 Å². The lowest BCUT2D eigenvalue weighted by Gasteiger charge is -2.35. The topological polar surface area (TPSA) is 58.6 Å². The third-order valence-corrected chi connectivity index (χ3v) is 5.29. The molecule has 5 nitrogen and oxygen atoms in total. The fraction of sp³-hybridized carbons (Fsp3) is 0.500. The summed E-state index contributed by atoms with van der Waals surface area (Å²) in [5, 5.41) is 3.75. The molecule has 0 saturated carbocycles. The van der Waals surface area contributed by atoms with Crippen LogP contribution < -0.4 is 5.32 Å². The molecule has 124 valence electrons. The van der Waals surface area contributed by atoms with E-state index in [2.05, 4.69) is 5.32 Å². The summed E-state index contributed by atoms with van der Waals surface area (Å²) < 4.78 is 4.80. The number of nitrogens with zero attached hydrogens (tertiary/aromatic N) is 1. The van der Waals surface area contributed by atoms with Gasteiger partial charge in [0, 0.05) is 19.5 Å². The highest BCUT2D eigenvalue weighted by atomic mass is 35.5. The van der Waals surface area contributed by atoms with Crippen molar-refractivity contribution >= 4 is 35.2 Å². The monoisotopic (exact) mass is 356 g/mol. The number of piperidine rings is 1. The first kappa shape index (κ1) is 16.4. The molecule has 0 aliphatic carbocycles. The van der Waals surface area contributed by atoms with E-state index < -0.39 is 12.1 Å². The number of rotatable bonds is 2. The van der Waals surface area contributed by atoms with Crippen LogP contribution >= 0.6 is 23.2 Å². The maximum absolute atomic E-state index is 12.5. The summed E-state index contributed by atoms with van der Waals surface area (Å²) in [6.45, 7) is 1.59. The van der Waals surface area contributed by atoms with Gasteiger partial charge in [0.05, 0.1) is 16.7 Å². The number of amides is 2. The Kier molecular flexibility index (Phi) is 4.97. The van der Waals surface area contributed by atoms with E-state index >= 15 is 0 Å². The highest BCUT2D eigenvalue weighted by molar-refractivity contribution is 6.42. The lowest BCUT2D eigenvalue weighted by Crippen LogP contribution is -2.53. The van der Waals surface area contributed by atoms with Gasteiger partial charge in [0.15, 0.2) is 0 Å². The van der Waals surface area contributed by atoms with Crippen molar-refractivity contribution in [3.05, 3.63) is 33.8 Å². The molecule has 2 amide bonds. The summed E-state index contributed by atoms with van der Waals surface area (Å²) in [5.74, 6) is 0.270. The van der Waals surface area contributed by atoms with E-state index in [9.17, 15) is 9.59 Å². The second-order valence-electron chi connectivity index (χ2n) is 5.86. The number of benzene rings is 1. The molecule has 1 N–H and O–H groups in total. The van der Waals surface area contributed by atoms with Crippen molar-refractivity contribution in [2.24, 2.45) is 0 Å². The summed E-state index contributed by atoms with van der Waals surface area (Å²) in [7, 11) is 0. The number of likely N-dealkylation sites (tertiary alicyclic amines) is 1. The van der Waals surface area contributed by atoms with Gasteiger partial charge in [0.1, 0.15) is 6.04 Å². The van der Waals surface area contributed by atoms with E-state index in [0.29, 0.717) is 35.5 Å². The predicted octanol–water partition coefficient (Wildman–Crippen LogP) is 3.20. The molecule has 0 spiro atoms. The molecule has 23 heavy (non-hydrogen) atoms. The first-order valence-electron chi connectivity index (χ1n) is 7.72. The fourth-order valence-electron chi connectivity index (χ4n) is 3.18. The number of hydrogen-bond donors (Lipinski definition) is 1. The largest absolute Gasteiger partial charge is 0.449 e. The summed E-state index contributed by atoms with van der Waals surface area (Å²) in [6, 6.07) is 5.20. The van der Waals surface area contributed by atoms with Gasteiger partial charge in [0.2, 0.25) is 5.91 Å². The number of ether oxygens (including phenoxy) is 1. The number of carbonyl (C=O) groups excluding carboxylic acids is 2. The Balaban J connectivity index is 1.61. The van der Waals surface area contributed by atoms with E-state index in [1.165, 1.54) is 0 Å². The van der Waals surface area contributed by atoms with Crippen molar-refractivity contribution in [2.75, 3.05) is 19.7 Å². The van der Waals surface area contributed by atoms with E-state index in [4.69, 9.17) is 27.9 Å². The van der Waals surface area contributed by atoms with E-state index in [1.807, 2.05) is 17.0 Å². The van der Waals surface area contributed by atoms with Crippen LogP contribution in [0.15, 0.2) is 18.2 Å². The van der Waals surface area contributed by atoms with Gasteiger partial charge in [0.25, 0.3) is 0 Å². The van der Waals surface area contributed by atoms with Gasteiger partial charge in [-0.1, -0.05) is 35.3 Å². The van der Waals surface area contributed by atoms with E-state index in [1.54, 1.807) is 6.07 Å². The Morgan fingerprint density at radius 2 is 1.96 bits per heavy atom. The van der Waals surface area contributed by atoms with Crippen molar-refractivity contribution in [2.45, 2.75) is 31.2 Å². The number of cyclic esters (lactones) is 1. The normalized spacial score (nSPS) is 22.4. The maximum Gasteiger partial charge on any atom is 0.407 e. The Morgan fingerprint density at radius 3 is 2.65 bits per heavy atom. The minimum absolute atomic E-state index is 0.0303. The zero-order chi connectivity index (χ0) is 16.4. The fourth-order valence-corrected chi connectivity index (χ4v) is 3.64. The average molecular weight is 357 g/mol. The minimum Gasteiger partial charge on any atom is -0.449 e. The molecule has 3 rings (SSSR count). The number of alkyl carbamates (subject to hydrolysis) is 1. The van der Waals surface area contributed by atoms with Crippen LogP contribution in [-0.2, 0) is 9.53 Å². The van der Waals surface area contributed by atoms with Crippen molar-refractivity contribution < 1.29 is 14.3 Å². The third kappa shape index (κ3) is 3.56. The highest BCUT2D eigenvalue weighted by Crippen LogP contribution is 2.36. The molecule has 0 bridgehead atoms. The lowest BCUT2D eigenvalue weighted by atomic mass is 9.89. The van der Waals surface area contributed by atoms with Crippen LogP contribution in [0.3, 0.4) is 0 Å². The molecule has 7 heteroatoms. The molecule has 2 aliphatic heterocycles. The van der Waals surface area contributed by atoms with Crippen LogP contribution in [0.25, 0.3) is 0 Å². The first-order valence-corrected chi connectivity index (χ1v) is 8.48. The number of halogens is 2. The summed E-state index contributed by atoms with van der Waals surface area (Å²) in [4.78, 5) is 25.5. The second kappa shape index (κ2) is 6.97. The van der Waals surface area contributed by atoms with Gasteiger partial charge in [-0.25, -0.2) is 4.79 Å². The number of hydrogen-bond acceptors (Lipinski definition) is 3. The van der Waals surface area contributed by atoms with E-state index in [-0.39, 0.29) is 12.5 Å². The minimum atomic E-state index is -0.518. The van der Waals surface area contributed by atoms with Crippen LogP contribution in [0.5, 0.6) is 0 Å². The Bertz CT molecular complexity index is 615. The van der Waals surface area contributed by atoms with Gasteiger partial charge in [-0.05, 0) is 30.4 Å². The van der Waals surface area contributed by atoms with Crippen molar-refractivity contribution in [1.29, 1.82) is 0 Å². The van der Waals surface area contributed by atoms with E-state index in [0.717, 1.165) is 18.4 Å². The SMILES string of the molecule is O=C1NC(C(=O)N2CCC(c3cccc(Cl)c3Cl)CC2)CCO1. The van der Waals surface area contributed by atoms with Crippen molar-refractivity contribution in [3.8, 4) is 0 Å². The van der Waals surface area contributed by atoms with Crippen LogP contribution in [0.4, 0.5) is 4.79 Å². The molecule has 1 aromatic rings. The Labute approximate surface area is 144 Å². The number of carbonyl (C=O) groups is 2. The summed E-state index contributed by atoms with van der Waals surface area (Å²) in [5.41, 5.74) is 1.05.